The number of amides is 2. The number of nitrogens with one attached hydrogen (secondary N) is 1. The summed E-state index contributed by atoms with van der Waals surface area (Å²) in [4.78, 5) is 23.1. The largest absolute Gasteiger partial charge is 0.394 e. The number of benzene rings is 2. The normalized spacial score (nSPS) is 11.7. The summed E-state index contributed by atoms with van der Waals surface area (Å²) in [7, 11) is 0. The maximum atomic E-state index is 12.1. The van der Waals surface area contributed by atoms with Crippen LogP contribution < -0.4 is 11.1 Å². The molecule has 0 bridgehead atoms. The third-order valence-electron chi connectivity index (χ3n) is 3.12. The van der Waals surface area contributed by atoms with Crippen LogP contribution in [0.2, 0.25) is 0 Å². The van der Waals surface area contributed by atoms with Gasteiger partial charge in [-0.3, -0.25) is 9.59 Å². The van der Waals surface area contributed by atoms with Crippen molar-refractivity contribution in [3.63, 3.8) is 0 Å². The Kier molecular flexibility index (Phi) is 4.68. The van der Waals surface area contributed by atoms with Crippen LogP contribution in [0.15, 0.2) is 54.6 Å². The maximum Gasteiger partial charge on any atom is 0.251 e. The van der Waals surface area contributed by atoms with Gasteiger partial charge < -0.3 is 16.2 Å². The second kappa shape index (κ2) is 6.67. The molecule has 2 aromatic rings. The highest BCUT2D eigenvalue weighted by molar-refractivity contribution is 5.97. The summed E-state index contributed by atoms with van der Waals surface area (Å²) in [5, 5.41) is 12.2. The molecule has 0 unspecified atom stereocenters. The van der Waals surface area contributed by atoms with Crippen LogP contribution in [0, 0.1) is 0 Å². The Morgan fingerprint density at radius 3 is 2.10 bits per heavy atom. The van der Waals surface area contributed by atoms with Gasteiger partial charge in [-0.25, -0.2) is 0 Å². The van der Waals surface area contributed by atoms with Gasteiger partial charge in [-0.15, -0.1) is 0 Å². The van der Waals surface area contributed by atoms with Gasteiger partial charge >= 0.3 is 0 Å². The molecule has 4 N–H and O–H groups in total. The minimum atomic E-state index is -0.542. The van der Waals surface area contributed by atoms with Gasteiger partial charge in [-0.2, -0.15) is 0 Å². The summed E-state index contributed by atoms with van der Waals surface area (Å²) < 4.78 is 0. The number of hydrogen-bond acceptors (Lipinski definition) is 3. The fourth-order valence-corrected chi connectivity index (χ4v) is 1.95. The molecule has 0 aliphatic rings. The van der Waals surface area contributed by atoms with E-state index in [1.807, 2.05) is 30.3 Å². The number of primary amides is 1. The first kappa shape index (κ1) is 14.7. The van der Waals surface area contributed by atoms with Gasteiger partial charge in [0.2, 0.25) is 5.91 Å². The van der Waals surface area contributed by atoms with Crippen molar-refractivity contribution >= 4 is 11.8 Å². The molecule has 1 atom stereocenters. The van der Waals surface area contributed by atoms with Crippen molar-refractivity contribution < 1.29 is 14.7 Å². The molecule has 0 aliphatic carbocycles. The van der Waals surface area contributed by atoms with Crippen molar-refractivity contribution in [2.75, 3.05) is 6.61 Å². The molecule has 0 radical (unpaired) electrons. The Bertz CT molecular complexity index is 624. The Balaban J connectivity index is 2.11. The first-order valence-electron chi connectivity index (χ1n) is 6.48. The van der Waals surface area contributed by atoms with Crippen LogP contribution in [0.5, 0.6) is 0 Å². The fourth-order valence-electron chi connectivity index (χ4n) is 1.95. The molecule has 0 spiro atoms. The van der Waals surface area contributed by atoms with Gasteiger partial charge in [-0.05, 0) is 29.8 Å². The molecule has 0 aromatic heterocycles. The van der Waals surface area contributed by atoms with Crippen LogP contribution in [-0.4, -0.2) is 23.5 Å². The van der Waals surface area contributed by atoms with Gasteiger partial charge in [0.1, 0.15) is 0 Å². The lowest BCUT2D eigenvalue weighted by atomic mass is 10.1. The molecular weight excluding hydrogens is 268 g/mol. The Hall–Kier alpha value is -2.66. The molecule has 0 fully saturated rings. The van der Waals surface area contributed by atoms with Crippen LogP contribution in [-0.2, 0) is 0 Å². The lowest BCUT2D eigenvalue weighted by Gasteiger charge is -2.16. The number of carbonyl (C=O) groups excluding carboxylic acids is 2. The van der Waals surface area contributed by atoms with Gasteiger partial charge in [0.05, 0.1) is 12.6 Å². The zero-order valence-electron chi connectivity index (χ0n) is 11.3. The monoisotopic (exact) mass is 284 g/mol. The van der Waals surface area contributed by atoms with Crippen molar-refractivity contribution in [2.24, 2.45) is 5.73 Å². The summed E-state index contributed by atoms with van der Waals surface area (Å²) in [6, 6.07) is 14.8. The van der Waals surface area contributed by atoms with Crippen molar-refractivity contribution in [2.45, 2.75) is 6.04 Å². The van der Waals surface area contributed by atoms with E-state index >= 15 is 0 Å². The van der Waals surface area contributed by atoms with Gasteiger partial charge in [-0.1, -0.05) is 30.3 Å². The Morgan fingerprint density at radius 2 is 1.57 bits per heavy atom. The van der Waals surface area contributed by atoms with E-state index in [9.17, 15) is 14.7 Å². The molecule has 0 heterocycles. The number of rotatable bonds is 5. The second-order valence-electron chi connectivity index (χ2n) is 4.56. The van der Waals surface area contributed by atoms with Crippen LogP contribution in [0.4, 0.5) is 0 Å². The molecule has 0 saturated carbocycles. The van der Waals surface area contributed by atoms with Crippen LogP contribution in [0.3, 0.4) is 0 Å². The van der Waals surface area contributed by atoms with Crippen molar-refractivity contribution in [1.82, 2.24) is 5.32 Å². The van der Waals surface area contributed by atoms with E-state index in [4.69, 9.17) is 5.73 Å². The third-order valence-corrected chi connectivity index (χ3v) is 3.12. The molecular formula is C16H16N2O3. The number of aliphatic hydroxyl groups excluding tert-OH is 1. The van der Waals surface area contributed by atoms with Crippen LogP contribution >= 0.6 is 0 Å². The lowest BCUT2D eigenvalue weighted by Crippen LogP contribution is -2.30. The molecule has 2 amide bonds. The molecule has 2 rings (SSSR count). The van der Waals surface area contributed by atoms with Crippen molar-refractivity contribution in [1.29, 1.82) is 0 Å². The zero-order chi connectivity index (χ0) is 15.2. The molecule has 5 nitrogen and oxygen atoms in total. The summed E-state index contributed by atoms with van der Waals surface area (Å²) in [6.45, 7) is -0.199. The summed E-state index contributed by atoms with van der Waals surface area (Å²) >= 11 is 0. The smallest absolute Gasteiger partial charge is 0.251 e. The predicted octanol–water partition coefficient (Wildman–Crippen LogP) is 1.25. The van der Waals surface area contributed by atoms with E-state index in [2.05, 4.69) is 5.32 Å². The topological polar surface area (TPSA) is 92.4 Å². The van der Waals surface area contributed by atoms with E-state index < -0.39 is 11.9 Å². The highest BCUT2D eigenvalue weighted by Gasteiger charge is 2.14. The standard InChI is InChI=1S/C16H16N2O3/c17-15(20)12-6-8-13(9-7-12)16(21)18-14(10-19)11-4-2-1-3-5-11/h1-9,14,19H,10H2,(H2,17,20)(H,18,21)/t14-/m1/s1. The van der Waals surface area contributed by atoms with Crippen LogP contribution in [0.1, 0.15) is 32.3 Å². The minimum Gasteiger partial charge on any atom is -0.394 e. The Morgan fingerprint density at radius 1 is 1.00 bits per heavy atom. The first-order valence-corrected chi connectivity index (χ1v) is 6.48. The van der Waals surface area contributed by atoms with Crippen LogP contribution in [0.25, 0.3) is 0 Å². The van der Waals surface area contributed by atoms with Gasteiger partial charge in [0.25, 0.3) is 5.91 Å². The van der Waals surface area contributed by atoms with Crippen molar-refractivity contribution in [3.05, 3.63) is 71.3 Å². The summed E-state index contributed by atoms with van der Waals surface area (Å²) in [5.74, 6) is -0.867. The van der Waals surface area contributed by atoms with E-state index in [0.717, 1.165) is 5.56 Å². The second-order valence-corrected chi connectivity index (χ2v) is 4.56. The SMILES string of the molecule is NC(=O)c1ccc(C(=O)N[C@H](CO)c2ccccc2)cc1. The molecule has 0 aliphatic heterocycles. The molecule has 0 saturated heterocycles. The summed E-state index contributed by atoms with van der Waals surface area (Å²) in [5.41, 5.74) is 6.71. The van der Waals surface area contributed by atoms with E-state index in [0.29, 0.717) is 11.1 Å². The predicted molar refractivity (Wildman–Crippen MR) is 78.7 cm³/mol. The molecule has 2 aromatic carbocycles. The molecule has 108 valence electrons. The van der Waals surface area contributed by atoms with Gasteiger partial charge in [0, 0.05) is 11.1 Å². The lowest BCUT2D eigenvalue weighted by molar-refractivity contribution is 0.0914. The first-order chi connectivity index (χ1) is 10.1. The Labute approximate surface area is 122 Å². The quantitative estimate of drug-likeness (QED) is 0.771. The number of nitrogens with two attached hydrogens (primary N) is 1. The van der Waals surface area contributed by atoms with E-state index in [1.165, 1.54) is 24.3 Å². The third kappa shape index (κ3) is 3.67. The van der Waals surface area contributed by atoms with Gasteiger partial charge in [0.15, 0.2) is 0 Å². The average molecular weight is 284 g/mol. The average Bonchev–Trinajstić information content (AvgIpc) is 2.53. The summed E-state index contributed by atoms with van der Waals surface area (Å²) in [6.07, 6.45) is 0. The van der Waals surface area contributed by atoms with E-state index in [1.54, 1.807) is 0 Å². The number of hydrogen-bond donors (Lipinski definition) is 3. The highest BCUT2D eigenvalue weighted by Crippen LogP contribution is 2.13. The van der Waals surface area contributed by atoms with E-state index in [-0.39, 0.29) is 12.5 Å². The van der Waals surface area contributed by atoms with Crippen molar-refractivity contribution in [3.8, 4) is 0 Å². The zero-order valence-corrected chi connectivity index (χ0v) is 11.3. The number of aliphatic hydroxyl groups is 1. The molecule has 5 heteroatoms. The minimum absolute atomic E-state index is 0.199. The highest BCUT2D eigenvalue weighted by atomic mass is 16.3. The molecule has 21 heavy (non-hydrogen) atoms. The fraction of sp³-hybridized carbons (Fsp3) is 0.125. The number of carbonyl (C=O) groups is 2. The maximum absolute atomic E-state index is 12.1.